The smallest absolute Gasteiger partial charge is 0.191 e. The number of benzene rings is 1. The molecule has 0 bridgehead atoms. The molecule has 0 saturated heterocycles. The van der Waals surface area contributed by atoms with Gasteiger partial charge in [-0.05, 0) is 0 Å². The van der Waals surface area contributed by atoms with E-state index in [1.165, 1.54) is 0 Å². The fourth-order valence-electron chi connectivity index (χ4n) is 2.75. The number of carbonyl (C=O) groups is 2. The van der Waals surface area contributed by atoms with Crippen LogP contribution in [0.25, 0.3) is 0 Å². The van der Waals surface area contributed by atoms with Crippen molar-refractivity contribution in [1.29, 1.82) is 0 Å². The Morgan fingerprint density at radius 2 is 1.57 bits per heavy atom. The zero-order chi connectivity index (χ0) is 21.5. The second-order valence-electron chi connectivity index (χ2n) is 7.86. The summed E-state index contributed by atoms with van der Waals surface area (Å²) < 4.78 is 16.1. The Morgan fingerprint density at radius 3 is 1.96 bits per heavy atom. The summed E-state index contributed by atoms with van der Waals surface area (Å²) in [6, 6.07) is 3.13. The Hall–Kier alpha value is -1.73. The van der Waals surface area contributed by atoms with Crippen LogP contribution in [-0.4, -0.2) is 44.3 Å². The minimum atomic E-state index is -0.514. The maximum atomic E-state index is 12.7. The van der Waals surface area contributed by atoms with Crippen molar-refractivity contribution >= 4 is 22.7 Å². The first kappa shape index (κ1) is 24.3. The molecule has 158 valence electrons. The van der Waals surface area contributed by atoms with Gasteiger partial charge in [0.2, 0.25) is 0 Å². The Kier molecular flexibility index (Phi) is 9.30. The summed E-state index contributed by atoms with van der Waals surface area (Å²) in [5.74, 6) is 2.23. The SMILES string of the molecule is COc1cc(OC)c(CSC(=O)C[C@H](NC(C)C)C(=O)C(C)(C)C)c(OC)c1. The minimum Gasteiger partial charge on any atom is -0.496 e. The topological polar surface area (TPSA) is 73.9 Å². The first-order valence-electron chi connectivity index (χ1n) is 9.28. The standard InChI is InChI=1S/C21H33NO5S/c1-13(2)22-16(20(24)21(3,4)5)11-19(23)28-12-15-17(26-7)9-14(25-6)10-18(15)27-8/h9-10,13,16,22H,11-12H2,1-8H3/t16-/m0/s1. The van der Waals surface area contributed by atoms with Crippen LogP contribution in [0.5, 0.6) is 17.2 Å². The molecule has 0 saturated carbocycles. The van der Waals surface area contributed by atoms with Crippen LogP contribution in [0.15, 0.2) is 12.1 Å². The van der Waals surface area contributed by atoms with Crippen molar-refractivity contribution in [3.63, 3.8) is 0 Å². The Morgan fingerprint density at radius 1 is 1.04 bits per heavy atom. The monoisotopic (exact) mass is 411 g/mol. The summed E-state index contributed by atoms with van der Waals surface area (Å²) >= 11 is 1.15. The van der Waals surface area contributed by atoms with Gasteiger partial charge in [0, 0.05) is 41.3 Å². The summed E-state index contributed by atoms with van der Waals surface area (Å²) in [5.41, 5.74) is 0.264. The molecule has 6 nitrogen and oxygen atoms in total. The number of hydrogen-bond donors (Lipinski definition) is 1. The first-order chi connectivity index (χ1) is 13.0. The van der Waals surface area contributed by atoms with Crippen molar-refractivity contribution < 1.29 is 23.8 Å². The molecular formula is C21H33NO5S. The van der Waals surface area contributed by atoms with E-state index in [0.717, 1.165) is 17.3 Å². The molecule has 1 aromatic rings. The molecule has 1 rings (SSSR count). The van der Waals surface area contributed by atoms with Crippen LogP contribution in [0.1, 0.15) is 46.6 Å². The van der Waals surface area contributed by atoms with Crippen molar-refractivity contribution in [3.8, 4) is 17.2 Å². The summed E-state index contributed by atoms with van der Waals surface area (Å²) in [5, 5.41) is 3.17. The van der Waals surface area contributed by atoms with E-state index in [0.29, 0.717) is 23.0 Å². The lowest BCUT2D eigenvalue weighted by molar-refractivity contribution is -0.130. The molecule has 0 spiro atoms. The van der Waals surface area contributed by atoms with Gasteiger partial charge >= 0.3 is 0 Å². The molecule has 1 atom stereocenters. The molecule has 0 heterocycles. The van der Waals surface area contributed by atoms with Gasteiger partial charge in [-0.15, -0.1) is 0 Å². The zero-order valence-electron chi connectivity index (χ0n) is 18.2. The molecule has 1 N–H and O–H groups in total. The van der Waals surface area contributed by atoms with Crippen molar-refractivity contribution in [2.45, 2.75) is 58.9 Å². The zero-order valence-corrected chi connectivity index (χ0v) is 19.0. The van der Waals surface area contributed by atoms with Crippen LogP contribution in [0.4, 0.5) is 0 Å². The predicted molar refractivity (Wildman–Crippen MR) is 114 cm³/mol. The van der Waals surface area contributed by atoms with Gasteiger partial charge in [-0.3, -0.25) is 9.59 Å². The summed E-state index contributed by atoms with van der Waals surface area (Å²) in [7, 11) is 4.70. The molecule has 0 aromatic heterocycles. The second-order valence-corrected chi connectivity index (χ2v) is 8.90. The third-order valence-corrected chi connectivity index (χ3v) is 5.08. The number of hydrogen-bond acceptors (Lipinski definition) is 7. The molecule has 0 aliphatic rings. The number of methoxy groups -OCH3 is 3. The molecule has 0 amide bonds. The van der Waals surface area contributed by atoms with Crippen LogP contribution >= 0.6 is 11.8 Å². The second kappa shape index (κ2) is 10.7. The number of nitrogens with one attached hydrogen (secondary N) is 1. The highest BCUT2D eigenvalue weighted by Crippen LogP contribution is 2.37. The molecule has 0 aliphatic carbocycles. The maximum Gasteiger partial charge on any atom is 0.191 e. The highest BCUT2D eigenvalue weighted by atomic mass is 32.2. The van der Waals surface area contributed by atoms with Crippen molar-refractivity contribution in [2.75, 3.05) is 21.3 Å². The number of carbonyl (C=O) groups excluding carboxylic acids is 2. The van der Waals surface area contributed by atoms with Crippen LogP contribution in [-0.2, 0) is 15.3 Å². The lowest BCUT2D eigenvalue weighted by Crippen LogP contribution is -2.46. The average Bonchev–Trinajstić information content (AvgIpc) is 2.63. The number of Topliss-reactive ketones (excluding diaryl/α,β-unsaturated/α-hetero) is 1. The molecule has 0 unspecified atom stereocenters. The van der Waals surface area contributed by atoms with Gasteiger partial charge in [0.15, 0.2) is 10.9 Å². The molecule has 1 aromatic carbocycles. The van der Waals surface area contributed by atoms with Gasteiger partial charge in [-0.2, -0.15) is 0 Å². The van der Waals surface area contributed by atoms with E-state index < -0.39 is 11.5 Å². The molecular weight excluding hydrogens is 378 g/mol. The highest BCUT2D eigenvalue weighted by molar-refractivity contribution is 8.12. The molecule has 28 heavy (non-hydrogen) atoms. The Labute approximate surface area is 172 Å². The normalized spacial score (nSPS) is 12.6. The van der Waals surface area contributed by atoms with E-state index in [2.05, 4.69) is 5.32 Å². The predicted octanol–water partition coefficient (Wildman–Crippen LogP) is 3.84. The summed E-state index contributed by atoms with van der Waals surface area (Å²) in [6.45, 7) is 9.54. The molecule has 7 heteroatoms. The van der Waals surface area contributed by atoms with Crippen molar-refractivity contribution in [2.24, 2.45) is 5.41 Å². The molecule has 0 aliphatic heterocycles. The van der Waals surface area contributed by atoms with E-state index in [1.54, 1.807) is 33.5 Å². The fraction of sp³-hybridized carbons (Fsp3) is 0.619. The summed E-state index contributed by atoms with van der Waals surface area (Å²) in [4.78, 5) is 25.3. The van der Waals surface area contributed by atoms with E-state index >= 15 is 0 Å². The Bertz CT molecular complexity index is 657. The van der Waals surface area contributed by atoms with Gasteiger partial charge in [0.1, 0.15) is 17.2 Å². The van der Waals surface area contributed by atoms with Crippen LogP contribution in [0.3, 0.4) is 0 Å². The van der Waals surface area contributed by atoms with Gasteiger partial charge in [0.25, 0.3) is 0 Å². The maximum absolute atomic E-state index is 12.7. The van der Waals surface area contributed by atoms with E-state index in [1.807, 2.05) is 34.6 Å². The molecule has 0 fully saturated rings. The summed E-state index contributed by atoms with van der Waals surface area (Å²) in [6.07, 6.45) is 0.139. The number of rotatable bonds is 10. The number of ketones is 1. The number of ether oxygens (including phenoxy) is 3. The lowest BCUT2D eigenvalue weighted by atomic mass is 9.85. The largest absolute Gasteiger partial charge is 0.496 e. The van der Waals surface area contributed by atoms with Gasteiger partial charge in [-0.1, -0.05) is 46.4 Å². The van der Waals surface area contributed by atoms with Gasteiger partial charge in [0.05, 0.1) is 27.4 Å². The van der Waals surface area contributed by atoms with E-state index in [-0.39, 0.29) is 23.4 Å². The van der Waals surface area contributed by atoms with Gasteiger partial charge < -0.3 is 19.5 Å². The van der Waals surface area contributed by atoms with Crippen molar-refractivity contribution in [3.05, 3.63) is 17.7 Å². The van der Waals surface area contributed by atoms with Crippen LogP contribution < -0.4 is 19.5 Å². The third-order valence-electron chi connectivity index (χ3n) is 4.16. The third kappa shape index (κ3) is 7.02. The van der Waals surface area contributed by atoms with Crippen LogP contribution in [0.2, 0.25) is 0 Å². The minimum absolute atomic E-state index is 0.0368. The lowest BCUT2D eigenvalue weighted by Gasteiger charge is -2.26. The molecule has 0 radical (unpaired) electrons. The van der Waals surface area contributed by atoms with Gasteiger partial charge in [-0.25, -0.2) is 0 Å². The van der Waals surface area contributed by atoms with E-state index in [9.17, 15) is 9.59 Å². The fourth-order valence-corrected chi connectivity index (χ4v) is 3.63. The Balaban J connectivity index is 2.91. The van der Waals surface area contributed by atoms with E-state index in [4.69, 9.17) is 14.2 Å². The first-order valence-corrected chi connectivity index (χ1v) is 10.3. The van der Waals surface area contributed by atoms with Crippen molar-refractivity contribution in [1.82, 2.24) is 5.32 Å². The quantitative estimate of drug-likeness (QED) is 0.627. The highest BCUT2D eigenvalue weighted by Gasteiger charge is 2.31. The average molecular weight is 412 g/mol. The number of thioether (sulfide) groups is 1. The van der Waals surface area contributed by atoms with Crippen LogP contribution in [0, 0.1) is 5.41 Å².